The molecule has 1 aromatic carbocycles. The molecule has 3 rings (SSSR count). The first-order valence-corrected chi connectivity index (χ1v) is 7.82. The minimum atomic E-state index is -0.608. The summed E-state index contributed by atoms with van der Waals surface area (Å²) in [6.07, 6.45) is 2.79. The van der Waals surface area contributed by atoms with Gasteiger partial charge in [-0.25, -0.2) is 0 Å². The van der Waals surface area contributed by atoms with E-state index >= 15 is 0 Å². The molecule has 0 saturated carbocycles. The van der Waals surface area contributed by atoms with Crippen LogP contribution in [0.3, 0.4) is 0 Å². The van der Waals surface area contributed by atoms with Crippen LogP contribution in [0.25, 0.3) is 0 Å². The van der Waals surface area contributed by atoms with Gasteiger partial charge in [0.05, 0.1) is 11.7 Å². The number of hydrogen-bond acceptors (Lipinski definition) is 4. The van der Waals surface area contributed by atoms with Crippen molar-refractivity contribution >= 4 is 17.5 Å². The lowest BCUT2D eigenvalue weighted by Gasteiger charge is -2.32. The van der Waals surface area contributed by atoms with Gasteiger partial charge >= 0.3 is 0 Å². The fraction of sp³-hybridized carbons (Fsp3) is 0.278. The summed E-state index contributed by atoms with van der Waals surface area (Å²) in [4.78, 5) is 30.3. The standard InChI is InChI=1S/C18H19N3O3/c1-12(14-6-5-9-19-10-14)20-17(22)11-21-15-7-3-4-8-16(15)24-13(2)18(21)23/h3-10,12-13H,11H2,1-2H3,(H,20,22). The van der Waals surface area contributed by atoms with Crippen LogP contribution >= 0.6 is 0 Å². The van der Waals surface area contributed by atoms with Gasteiger partial charge in [0, 0.05) is 12.4 Å². The molecule has 0 bridgehead atoms. The number of benzene rings is 1. The number of fused-ring (bicyclic) bond motifs is 1. The topological polar surface area (TPSA) is 71.5 Å². The van der Waals surface area contributed by atoms with E-state index in [0.29, 0.717) is 11.4 Å². The van der Waals surface area contributed by atoms with E-state index in [2.05, 4.69) is 10.3 Å². The SMILES string of the molecule is CC1Oc2ccccc2N(CC(=O)NC(C)c2cccnc2)C1=O. The molecule has 0 saturated heterocycles. The molecule has 0 spiro atoms. The summed E-state index contributed by atoms with van der Waals surface area (Å²) in [7, 11) is 0. The second kappa shape index (κ2) is 6.70. The molecule has 0 fully saturated rings. The highest BCUT2D eigenvalue weighted by molar-refractivity contribution is 6.03. The van der Waals surface area contributed by atoms with Gasteiger partial charge in [0.15, 0.2) is 6.10 Å². The molecule has 24 heavy (non-hydrogen) atoms. The molecule has 2 atom stereocenters. The van der Waals surface area contributed by atoms with Gasteiger partial charge in [0.25, 0.3) is 5.91 Å². The second-order valence-corrected chi connectivity index (χ2v) is 5.73. The van der Waals surface area contributed by atoms with Crippen LogP contribution < -0.4 is 15.0 Å². The highest BCUT2D eigenvalue weighted by atomic mass is 16.5. The lowest BCUT2D eigenvalue weighted by molar-refractivity contribution is -0.128. The summed E-state index contributed by atoms with van der Waals surface area (Å²) < 4.78 is 5.58. The molecule has 1 aliphatic rings. The van der Waals surface area contributed by atoms with Crippen LogP contribution in [0.1, 0.15) is 25.5 Å². The van der Waals surface area contributed by atoms with E-state index in [1.807, 2.05) is 31.2 Å². The van der Waals surface area contributed by atoms with Crippen LogP contribution in [-0.2, 0) is 9.59 Å². The highest BCUT2D eigenvalue weighted by Crippen LogP contribution is 2.33. The first-order chi connectivity index (χ1) is 11.6. The number of anilines is 1. The Bertz CT molecular complexity index is 748. The Morgan fingerprint density at radius 2 is 2.12 bits per heavy atom. The van der Waals surface area contributed by atoms with Gasteiger partial charge in [0.1, 0.15) is 12.3 Å². The van der Waals surface area contributed by atoms with Crippen molar-refractivity contribution < 1.29 is 14.3 Å². The van der Waals surface area contributed by atoms with Crippen LogP contribution in [0.15, 0.2) is 48.8 Å². The summed E-state index contributed by atoms with van der Waals surface area (Å²) >= 11 is 0. The third-order valence-corrected chi connectivity index (χ3v) is 3.94. The zero-order valence-corrected chi connectivity index (χ0v) is 13.6. The maximum Gasteiger partial charge on any atom is 0.268 e. The summed E-state index contributed by atoms with van der Waals surface area (Å²) in [5, 5.41) is 2.90. The van der Waals surface area contributed by atoms with Crippen molar-refractivity contribution in [2.75, 3.05) is 11.4 Å². The van der Waals surface area contributed by atoms with E-state index in [9.17, 15) is 9.59 Å². The van der Waals surface area contributed by atoms with E-state index in [4.69, 9.17) is 4.74 Å². The average Bonchev–Trinajstić information content (AvgIpc) is 2.59. The Morgan fingerprint density at radius 3 is 2.88 bits per heavy atom. The van der Waals surface area contributed by atoms with E-state index in [0.717, 1.165) is 5.56 Å². The number of rotatable bonds is 4. The molecule has 0 radical (unpaired) electrons. The van der Waals surface area contributed by atoms with E-state index in [1.54, 1.807) is 31.5 Å². The quantitative estimate of drug-likeness (QED) is 0.934. The van der Waals surface area contributed by atoms with Crippen molar-refractivity contribution in [3.05, 3.63) is 54.4 Å². The number of para-hydroxylation sites is 2. The molecule has 6 heteroatoms. The number of nitrogens with zero attached hydrogens (tertiary/aromatic N) is 2. The van der Waals surface area contributed by atoms with Gasteiger partial charge in [-0.05, 0) is 37.6 Å². The van der Waals surface area contributed by atoms with Crippen LogP contribution in [-0.4, -0.2) is 29.4 Å². The molecule has 1 N–H and O–H groups in total. The molecule has 6 nitrogen and oxygen atoms in total. The lowest BCUT2D eigenvalue weighted by atomic mass is 10.1. The average molecular weight is 325 g/mol. The molecule has 1 aliphatic heterocycles. The summed E-state index contributed by atoms with van der Waals surface area (Å²) in [6, 6.07) is 10.8. The van der Waals surface area contributed by atoms with Gasteiger partial charge in [-0.2, -0.15) is 0 Å². The minimum absolute atomic E-state index is 0.0475. The van der Waals surface area contributed by atoms with Crippen molar-refractivity contribution in [3.8, 4) is 5.75 Å². The fourth-order valence-electron chi connectivity index (χ4n) is 2.67. The number of nitrogens with one attached hydrogen (secondary N) is 1. The lowest BCUT2D eigenvalue weighted by Crippen LogP contribution is -2.49. The van der Waals surface area contributed by atoms with Gasteiger partial charge in [-0.1, -0.05) is 18.2 Å². The number of hydrogen-bond donors (Lipinski definition) is 1. The Labute approximate surface area is 140 Å². The molecule has 1 aromatic heterocycles. The molecule has 2 aromatic rings. The maximum atomic E-state index is 12.4. The molecular weight excluding hydrogens is 306 g/mol. The van der Waals surface area contributed by atoms with Crippen LogP contribution in [0.2, 0.25) is 0 Å². The van der Waals surface area contributed by atoms with Crippen LogP contribution in [0.4, 0.5) is 5.69 Å². The number of amides is 2. The Morgan fingerprint density at radius 1 is 1.33 bits per heavy atom. The van der Waals surface area contributed by atoms with Gasteiger partial charge in [-0.3, -0.25) is 19.5 Å². The molecular formula is C18H19N3O3. The molecule has 2 amide bonds. The van der Waals surface area contributed by atoms with Gasteiger partial charge in [-0.15, -0.1) is 0 Å². The fourth-order valence-corrected chi connectivity index (χ4v) is 2.67. The number of carbonyl (C=O) groups is 2. The number of aromatic nitrogens is 1. The molecule has 2 heterocycles. The minimum Gasteiger partial charge on any atom is -0.479 e. The van der Waals surface area contributed by atoms with Crippen LogP contribution in [0.5, 0.6) is 5.75 Å². The number of pyridine rings is 1. The molecule has 2 unspecified atom stereocenters. The second-order valence-electron chi connectivity index (χ2n) is 5.73. The predicted molar refractivity (Wildman–Crippen MR) is 89.7 cm³/mol. The Hall–Kier alpha value is -2.89. The summed E-state index contributed by atoms with van der Waals surface area (Å²) in [5.74, 6) is 0.152. The highest BCUT2D eigenvalue weighted by Gasteiger charge is 2.32. The third kappa shape index (κ3) is 3.22. The van der Waals surface area contributed by atoms with Crippen molar-refractivity contribution in [1.29, 1.82) is 0 Å². The zero-order valence-electron chi connectivity index (χ0n) is 13.6. The Balaban J connectivity index is 1.73. The van der Waals surface area contributed by atoms with Gasteiger partial charge < -0.3 is 10.1 Å². The van der Waals surface area contributed by atoms with Crippen molar-refractivity contribution in [2.24, 2.45) is 0 Å². The van der Waals surface area contributed by atoms with E-state index in [1.165, 1.54) is 4.90 Å². The predicted octanol–water partition coefficient (Wildman–Crippen LogP) is 2.07. The van der Waals surface area contributed by atoms with Crippen molar-refractivity contribution in [2.45, 2.75) is 26.0 Å². The number of ether oxygens (including phenoxy) is 1. The summed E-state index contributed by atoms with van der Waals surface area (Å²) in [6.45, 7) is 3.52. The Kier molecular flexibility index (Phi) is 4.46. The third-order valence-electron chi connectivity index (χ3n) is 3.94. The first kappa shape index (κ1) is 16.0. The maximum absolute atomic E-state index is 12.4. The zero-order chi connectivity index (χ0) is 17.1. The van der Waals surface area contributed by atoms with Crippen molar-refractivity contribution in [1.82, 2.24) is 10.3 Å². The van der Waals surface area contributed by atoms with E-state index < -0.39 is 6.10 Å². The summed E-state index contributed by atoms with van der Waals surface area (Å²) in [5.41, 5.74) is 1.53. The van der Waals surface area contributed by atoms with Gasteiger partial charge in [0.2, 0.25) is 5.91 Å². The molecule has 0 aliphatic carbocycles. The van der Waals surface area contributed by atoms with Crippen LogP contribution in [0, 0.1) is 0 Å². The monoisotopic (exact) mass is 325 g/mol. The van der Waals surface area contributed by atoms with Crippen molar-refractivity contribution in [3.63, 3.8) is 0 Å². The largest absolute Gasteiger partial charge is 0.479 e. The first-order valence-electron chi connectivity index (χ1n) is 7.82. The normalized spacial score (nSPS) is 17.7. The van der Waals surface area contributed by atoms with E-state index in [-0.39, 0.29) is 24.4 Å². The number of carbonyl (C=O) groups excluding carboxylic acids is 2. The smallest absolute Gasteiger partial charge is 0.268 e. The molecule has 124 valence electrons.